The molecule has 0 radical (unpaired) electrons. The minimum Gasteiger partial charge on any atom is -0.393 e. The van der Waals surface area contributed by atoms with Crippen LogP contribution in [-0.2, 0) is 9.59 Å². The van der Waals surface area contributed by atoms with Crippen molar-refractivity contribution in [3.8, 4) is 0 Å². The molecule has 5 nitrogen and oxygen atoms in total. The van der Waals surface area contributed by atoms with E-state index in [1.807, 2.05) is 28.2 Å². The summed E-state index contributed by atoms with van der Waals surface area (Å²) in [6.45, 7) is 0. The zero-order chi connectivity index (χ0) is 32.5. The van der Waals surface area contributed by atoms with Gasteiger partial charge in [0.25, 0.3) is 0 Å². The molecule has 5 heteroatoms. The maximum Gasteiger partial charge on any atom is 0.222 e. The molecule has 0 aliphatic rings. The van der Waals surface area contributed by atoms with Gasteiger partial charge >= 0.3 is 0 Å². The first-order valence-corrected chi connectivity index (χ1v) is 18.0. The molecule has 0 atom stereocenters. The fourth-order valence-electron chi connectivity index (χ4n) is 5.05. The van der Waals surface area contributed by atoms with Gasteiger partial charge in [-0.2, -0.15) is 0 Å². The Balaban J connectivity index is 3.37. The summed E-state index contributed by atoms with van der Waals surface area (Å²) in [5.41, 5.74) is 0. The second kappa shape index (κ2) is 32.3. The van der Waals surface area contributed by atoms with Crippen molar-refractivity contribution < 1.29 is 14.7 Å². The Morgan fingerprint density at radius 3 is 1.09 bits per heavy atom. The van der Waals surface area contributed by atoms with Gasteiger partial charge in [0.05, 0.1) is 6.10 Å². The Morgan fingerprint density at radius 2 is 0.750 bits per heavy atom. The standard InChI is InChI=1S/C39H70N2O3/c1-40(2)38(43)35-31-27-23-19-15-11-7-5-9-13-17-21-25-29-33-37(42)34-30-26-22-18-14-10-6-8-12-16-20-24-28-32-36-39(44)41(3)4/h7-8,11-12,19-20,23-24,37,42H,5-6,9-10,13-18,21-22,25-36H2,1-4H3/b11-7-,12-8-,23-19-,24-20-. The van der Waals surface area contributed by atoms with Crippen LogP contribution in [0.2, 0.25) is 0 Å². The van der Waals surface area contributed by atoms with E-state index < -0.39 is 0 Å². The number of carbonyl (C=O) groups excluding carboxylic acids is 2. The molecule has 0 aromatic heterocycles. The minimum absolute atomic E-state index is 0.102. The number of hydrogen-bond acceptors (Lipinski definition) is 3. The number of amides is 2. The van der Waals surface area contributed by atoms with Gasteiger partial charge in [-0.15, -0.1) is 0 Å². The van der Waals surface area contributed by atoms with Gasteiger partial charge in [-0.1, -0.05) is 113 Å². The Morgan fingerprint density at radius 1 is 0.455 bits per heavy atom. The second-order valence-corrected chi connectivity index (χ2v) is 12.8. The van der Waals surface area contributed by atoms with E-state index in [1.165, 1.54) is 77.0 Å². The molecular weight excluding hydrogens is 544 g/mol. The third-order valence-electron chi connectivity index (χ3n) is 8.05. The van der Waals surface area contributed by atoms with Crippen LogP contribution in [0.5, 0.6) is 0 Å². The zero-order valence-electron chi connectivity index (χ0n) is 29.3. The van der Waals surface area contributed by atoms with E-state index in [0.717, 1.165) is 64.2 Å². The molecule has 0 heterocycles. The average Bonchev–Trinajstić information content (AvgIpc) is 3.00. The molecule has 0 aliphatic heterocycles. The molecule has 0 bridgehead atoms. The highest BCUT2D eigenvalue weighted by molar-refractivity contribution is 5.75. The van der Waals surface area contributed by atoms with Gasteiger partial charge in [0, 0.05) is 41.0 Å². The van der Waals surface area contributed by atoms with Crippen LogP contribution in [0.15, 0.2) is 48.6 Å². The lowest BCUT2D eigenvalue weighted by Gasteiger charge is -2.10. The predicted octanol–water partition coefficient (Wildman–Crippen LogP) is 10.1. The van der Waals surface area contributed by atoms with Gasteiger partial charge in [-0.05, 0) is 77.0 Å². The van der Waals surface area contributed by atoms with E-state index in [4.69, 9.17) is 0 Å². The van der Waals surface area contributed by atoms with Crippen molar-refractivity contribution in [2.75, 3.05) is 28.2 Å². The molecule has 0 spiro atoms. The van der Waals surface area contributed by atoms with Gasteiger partial charge in [-0.25, -0.2) is 0 Å². The Hall–Kier alpha value is -2.14. The van der Waals surface area contributed by atoms with Crippen molar-refractivity contribution in [2.24, 2.45) is 0 Å². The Labute approximate surface area is 272 Å². The van der Waals surface area contributed by atoms with Crippen LogP contribution in [0.25, 0.3) is 0 Å². The number of allylic oxidation sites excluding steroid dienone is 8. The molecule has 0 fully saturated rings. The van der Waals surface area contributed by atoms with Gasteiger partial charge in [0.2, 0.25) is 11.8 Å². The van der Waals surface area contributed by atoms with Crippen LogP contribution in [-0.4, -0.2) is 61.0 Å². The summed E-state index contributed by atoms with van der Waals surface area (Å²) >= 11 is 0. The fraction of sp³-hybridized carbons (Fsp3) is 0.744. The molecule has 0 aromatic rings. The smallest absolute Gasteiger partial charge is 0.222 e. The van der Waals surface area contributed by atoms with Crippen molar-refractivity contribution in [3.63, 3.8) is 0 Å². The third-order valence-corrected chi connectivity index (χ3v) is 8.05. The van der Waals surface area contributed by atoms with Crippen LogP contribution in [0, 0.1) is 0 Å². The van der Waals surface area contributed by atoms with Gasteiger partial charge in [0.15, 0.2) is 0 Å². The summed E-state index contributed by atoms with van der Waals surface area (Å²) in [6.07, 6.45) is 44.4. The van der Waals surface area contributed by atoms with Crippen LogP contribution in [0.3, 0.4) is 0 Å². The Bertz CT molecular complexity index is 718. The summed E-state index contributed by atoms with van der Waals surface area (Å²) in [4.78, 5) is 26.3. The third kappa shape index (κ3) is 31.3. The number of aliphatic hydroxyl groups excluding tert-OH is 1. The average molecular weight is 615 g/mol. The molecule has 1 N–H and O–H groups in total. The second-order valence-electron chi connectivity index (χ2n) is 12.8. The quantitative estimate of drug-likeness (QED) is 0.0647. The summed E-state index contributed by atoms with van der Waals surface area (Å²) in [5, 5.41) is 10.3. The minimum atomic E-state index is -0.102. The molecule has 0 aliphatic carbocycles. The maximum atomic E-state index is 11.5. The molecule has 0 rings (SSSR count). The maximum absolute atomic E-state index is 11.5. The fourth-order valence-corrected chi connectivity index (χ4v) is 5.05. The molecule has 0 aromatic carbocycles. The number of aliphatic hydroxyl groups is 1. The van der Waals surface area contributed by atoms with Gasteiger partial charge in [-0.3, -0.25) is 9.59 Å². The molecule has 2 amide bonds. The summed E-state index contributed by atoms with van der Waals surface area (Å²) in [5.74, 6) is 0.424. The molecule has 44 heavy (non-hydrogen) atoms. The van der Waals surface area contributed by atoms with Crippen LogP contribution in [0.1, 0.15) is 154 Å². The number of unbranched alkanes of at least 4 members (excludes halogenated alkanes) is 14. The van der Waals surface area contributed by atoms with Gasteiger partial charge < -0.3 is 14.9 Å². The van der Waals surface area contributed by atoms with E-state index in [9.17, 15) is 14.7 Å². The first kappa shape index (κ1) is 41.9. The predicted molar refractivity (Wildman–Crippen MR) is 191 cm³/mol. The lowest BCUT2D eigenvalue weighted by Crippen LogP contribution is -2.20. The SMILES string of the molecule is CN(C)C(=O)CCC/C=C\C/C=C\CCCCCCCCC(O)CCCCCCCC/C=C\C/C=C\CCCC(=O)N(C)C. The van der Waals surface area contributed by atoms with E-state index >= 15 is 0 Å². The number of rotatable bonds is 30. The van der Waals surface area contributed by atoms with E-state index in [-0.39, 0.29) is 17.9 Å². The van der Waals surface area contributed by atoms with Crippen molar-refractivity contribution in [1.29, 1.82) is 0 Å². The topological polar surface area (TPSA) is 60.9 Å². The van der Waals surface area contributed by atoms with Gasteiger partial charge in [0.1, 0.15) is 0 Å². The monoisotopic (exact) mass is 615 g/mol. The first-order valence-electron chi connectivity index (χ1n) is 18.0. The lowest BCUT2D eigenvalue weighted by atomic mass is 10.0. The van der Waals surface area contributed by atoms with Crippen molar-refractivity contribution in [2.45, 2.75) is 160 Å². The number of nitrogens with zero attached hydrogens (tertiary/aromatic N) is 2. The van der Waals surface area contributed by atoms with Crippen LogP contribution < -0.4 is 0 Å². The van der Waals surface area contributed by atoms with E-state index in [1.54, 1.807) is 9.80 Å². The molecule has 254 valence electrons. The van der Waals surface area contributed by atoms with E-state index in [0.29, 0.717) is 12.8 Å². The van der Waals surface area contributed by atoms with Crippen molar-refractivity contribution in [3.05, 3.63) is 48.6 Å². The summed E-state index contributed by atoms with van der Waals surface area (Å²) in [7, 11) is 7.25. The molecule has 0 saturated carbocycles. The lowest BCUT2D eigenvalue weighted by molar-refractivity contribution is -0.129. The molecule has 0 saturated heterocycles. The number of hydrogen-bond donors (Lipinski definition) is 1. The highest BCUT2D eigenvalue weighted by Crippen LogP contribution is 2.15. The largest absolute Gasteiger partial charge is 0.393 e. The number of carbonyl (C=O) groups is 2. The van der Waals surface area contributed by atoms with Crippen molar-refractivity contribution >= 4 is 11.8 Å². The van der Waals surface area contributed by atoms with Crippen LogP contribution in [0.4, 0.5) is 0 Å². The Kier molecular flexibility index (Phi) is 30.7. The highest BCUT2D eigenvalue weighted by atomic mass is 16.3. The summed E-state index contributed by atoms with van der Waals surface area (Å²) in [6, 6.07) is 0. The molecule has 0 unspecified atom stereocenters. The highest BCUT2D eigenvalue weighted by Gasteiger charge is 2.04. The first-order chi connectivity index (χ1) is 21.3. The molecular formula is C39H70N2O3. The van der Waals surface area contributed by atoms with Crippen molar-refractivity contribution in [1.82, 2.24) is 9.80 Å². The summed E-state index contributed by atoms with van der Waals surface area (Å²) < 4.78 is 0. The van der Waals surface area contributed by atoms with Crippen LogP contribution >= 0.6 is 0 Å². The van der Waals surface area contributed by atoms with E-state index in [2.05, 4.69) is 48.6 Å². The normalized spacial score (nSPS) is 12.1. The zero-order valence-corrected chi connectivity index (χ0v) is 29.3.